The Morgan fingerprint density at radius 2 is 0.443 bits per heavy atom. The summed E-state index contributed by atoms with van der Waals surface area (Å²) in [5.41, 5.74) is 30.7. The molecular weight excluding hydrogens is 1170 g/mol. The van der Waals surface area contributed by atoms with Gasteiger partial charge in [0.1, 0.15) is 0 Å². The maximum Gasteiger partial charge on any atom is 0.0159 e. The average Bonchev–Trinajstić information content (AvgIpc) is 1.07. The maximum atomic E-state index is 2.63. The summed E-state index contributed by atoms with van der Waals surface area (Å²) in [5, 5.41) is 16.9. The van der Waals surface area contributed by atoms with Crippen LogP contribution in [-0.2, 0) is 27.1 Å². The van der Waals surface area contributed by atoms with Crippen LogP contribution in [0, 0.1) is 35.5 Å². The standard InChI is InChI=1S/C97H82/c1-93(2)83-41-61(63-15-25-77-79-27-17-65(45-87(79)94(3,4)85(77)43-63)73-21-11-59-7-9-67-37-71(39-69-19-29-81(73)91(59)89(67)69)96-47-53-31-54(48-96)33-55(32-53)49-96)13-23-75(83)76-24-14-62(42-84(76)93)64-16-26-78-80-28-18-66(46-88(80)95(5,6)86(78)44-64)74-22-12-60-8-10-68-38-72(40-70-20-30-82(74)92(60)90(68)70)97-50-56-34-57(51-97)36-58(35-56)52-97/h7-30,37-46,53-58H,31-36,47-52H2,1-6H3. The topological polar surface area (TPSA) is 0 Å². The lowest BCUT2D eigenvalue weighted by Crippen LogP contribution is -2.48. The first-order valence-corrected chi connectivity index (χ1v) is 37.4. The SMILES string of the molecule is CC1(C)c2cc(-c3ccc4c(c3)C(C)(C)c3cc(-c5ccc6ccc7cc(C89CC%10CC(CC(C%10)C8)C9)cc8ccc5c6c78)ccc3-4)ccc2-c2ccc(-c3ccc4c(c3)C(C)(C)c3cc(-c5ccc6ccc7cc(C89CC%10CC(CC(C%10)C8)C9)cc8ccc5c6c78)ccc3-4)cc21. The van der Waals surface area contributed by atoms with Gasteiger partial charge in [0.2, 0.25) is 0 Å². The second kappa shape index (κ2) is 18.5. The van der Waals surface area contributed by atoms with Crippen molar-refractivity contribution >= 4 is 64.6 Å². The molecule has 14 aromatic carbocycles. The van der Waals surface area contributed by atoms with Crippen LogP contribution in [0.5, 0.6) is 0 Å². The van der Waals surface area contributed by atoms with Crippen molar-refractivity contribution in [3.8, 4) is 77.9 Å². The van der Waals surface area contributed by atoms with E-state index >= 15 is 0 Å². The van der Waals surface area contributed by atoms with Crippen molar-refractivity contribution in [1.82, 2.24) is 0 Å². The highest BCUT2D eigenvalue weighted by molar-refractivity contribution is 6.27. The number of rotatable bonds is 6. The molecule has 8 bridgehead atoms. The van der Waals surface area contributed by atoms with Crippen LogP contribution in [0.3, 0.4) is 0 Å². The van der Waals surface area contributed by atoms with Crippen molar-refractivity contribution in [3.63, 3.8) is 0 Å². The van der Waals surface area contributed by atoms with Gasteiger partial charge in [0.05, 0.1) is 0 Å². The zero-order valence-electron chi connectivity index (χ0n) is 57.1. The Hall–Kier alpha value is -8.84. The summed E-state index contributed by atoms with van der Waals surface area (Å²) < 4.78 is 0. The third-order valence-corrected chi connectivity index (χ3v) is 28.8. The third-order valence-electron chi connectivity index (χ3n) is 28.8. The van der Waals surface area contributed by atoms with E-state index in [0.717, 1.165) is 35.5 Å². The molecule has 0 aliphatic heterocycles. The Labute approximate surface area is 570 Å². The number of hydrogen-bond donors (Lipinski definition) is 0. The van der Waals surface area contributed by atoms with Gasteiger partial charge in [-0.25, -0.2) is 0 Å². The monoisotopic (exact) mass is 1250 g/mol. The summed E-state index contributed by atoms with van der Waals surface area (Å²) >= 11 is 0. The molecule has 11 aliphatic rings. The van der Waals surface area contributed by atoms with Crippen molar-refractivity contribution in [2.75, 3.05) is 0 Å². The molecule has 14 aromatic rings. The smallest absolute Gasteiger partial charge is 0.0159 e. The third kappa shape index (κ3) is 7.35. The molecule has 0 unspecified atom stereocenters. The van der Waals surface area contributed by atoms with E-state index in [1.54, 1.807) is 11.1 Å². The van der Waals surface area contributed by atoms with Crippen molar-refractivity contribution in [2.24, 2.45) is 35.5 Å². The van der Waals surface area contributed by atoms with Crippen LogP contribution in [0.4, 0.5) is 0 Å². The Balaban J connectivity index is 0.529. The van der Waals surface area contributed by atoms with Gasteiger partial charge >= 0.3 is 0 Å². The van der Waals surface area contributed by atoms with Crippen LogP contribution in [0.15, 0.2) is 206 Å². The van der Waals surface area contributed by atoms with Gasteiger partial charge in [-0.3, -0.25) is 0 Å². The van der Waals surface area contributed by atoms with Crippen molar-refractivity contribution in [3.05, 3.63) is 251 Å². The van der Waals surface area contributed by atoms with Gasteiger partial charge in [-0.15, -0.1) is 0 Å². The highest BCUT2D eigenvalue weighted by atomic mass is 14.6. The van der Waals surface area contributed by atoms with Crippen molar-refractivity contribution in [2.45, 2.75) is 146 Å². The van der Waals surface area contributed by atoms with E-state index in [2.05, 4.69) is 248 Å². The molecule has 0 heteroatoms. The molecule has 97 heavy (non-hydrogen) atoms. The molecule has 0 heterocycles. The van der Waals surface area contributed by atoms with Crippen LogP contribution >= 0.6 is 0 Å². The lowest BCUT2D eigenvalue weighted by molar-refractivity contribution is -0.00520. The van der Waals surface area contributed by atoms with E-state index < -0.39 is 0 Å². The number of fused-ring (bicyclic) bond motifs is 9. The fraction of sp³-hybridized carbons (Fsp3) is 0.299. The first-order chi connectivity index (χ1) is 47.1. The minimum atomic E-state index is -0.174. The van der Waals surface area contributed by atoms with E-state index in [9.17, 15) is 0 Å². The molecule has 25 rings (SSSR count). The van der Waals surface area contributed by atoms with E-state index in [4.69, 9.17) is 0 Å². The van der Waals surface area contributed by atoms with Crippen LogP contribution in [0.25, 0.3) is 143 Å². The van der Waals surface area contributed by atoms with Crippen molar-refractivity contribution < 1.29 is 0 Å². The second-order valence-corrected chi connectivity index (χ2v) is 35.2. The zero-order valence-corrected chi connectivity index (χ0v) is 57.1. The van der Waals surface area contributed by atoms with Gasteiger partial charge in [-0.05, 0) is 347 Å². The molecule has 11 aliphatic carbocycles. The van der Waals surface area contributed by atoms with Crippen LogP contribution in [0.1, 0.15) is 163 Å². The minimum absolute atomic E-state index is 0.167. The quantitative estimate of drug-likeness (QED) is 0.146. The van der Waals surface area contributed by atoms with Crippen LogP contribution in [-0.4, -0.2) is 0 Å². The molecule has 0 radical (unpaired) electrons. The zero-order chi connectivity index (χ0) is 64.1. The molecule has 0 N–H and O–H groups in total. The van der Waals surface area contributed by atoms with E-state index in [-0.39, 0.29) is 16.2 Å². The molecular formula is C97H82. The summed E-state index contributed by atoms with van der Waals surface area (Å²) in [6.45, 7) is 14.7. The van der Waals surface area contributed by atoms with Gasteiger partial charge < -0.3 is 0 Å². The van der Waals surface area contributed by atoms with Crippen LogP contribution in [0.2, 0.25) is 0 Å². The fourth-order valence-corrected chi connectivity index (χ4v) is 24.9. The highest BCUT2D eigenvalue weighted by Crippen LogP contribution is 2.64. The lowest BCUT2D eigenvalue weighted by Gasteiger charge is -2.57. The van der Waals surface area contributed by atoms with E-state index in [0.29, 0.717) is 10.8 Å². The van der Waals surface area contributed by atoms with E-state index in [1.807, 2.05) is 0 Å². The van der Waals surface area contributed by atoms with Crippen molar-refractivity contribution in [1.29, 1.82) is 0 Å². The first kappa shape index (κ1) is 55.2. The fourth-order valence-electron chi connectivity index (χ4n) is 24.9. The molecule has 0 aromatic heterocycles. The second-order valence-electron chi connectivity index (χ2n) is 35.2. The molecule has 0 atom stereocenters. The predicted octanol–water partition coefficient (Wildman–Crippen LogP) is 26.0. The average molecular weight is 1250 g/mol. The highest BCUT2D eigenvalue weighted by Gasteiger charge is 2.53. The van der Waals surface area contributed by atoms with Gasteiger partial charge in [-0.1, -0.05) is 211 Å². The normalized spacial score (nSPS) is 25.9. The predicted molar refractivity (Wildman–Crippen MR) is 408 cm³/mol. The van der Waals surface area contributed by atoms with Gasteiger partial charge in [0, 0.05) is 16.2 Å². The lowest BCUT2D eigenvalue weighted by atomic mass is 9.48. The molecule has 0 saturated heterocycles. The van der Waals surface area contributed by atoms with Gasteiger partial charge in [-0.2, -0.15) is 0 Å². The molecule has 0 amide bonds. The molecule has 8 fully saturated rings. The van der Waals surface area contributed by atoms with Gasteiger partial charge in [0.25, 0.3) is 0 Å². The summed E-state index contributed by atoms with van der Waals surface area (Å²) in [5.74, 6) is 5.64. The molecule has 0 nitrogen and oxygen atoms in total. The number of benzene rings is 14. The van der Waals surface area contributed by atoms with E-state index in [1.165, 1.54) is 253 Å². The molecule has 8 saturated carbocycles. The van der Waals surface area contributed by atoms with Gasteiger partial charge in [0.15, 0.2) is 0 Å². The van der Waals surface area contributed by atoms with Crippen LogP contribution < -0.4 is 0 Å². The Morgan fingerprint density at radius 3 is 0.732 bits per heavy atom. The summed E-state index contributed by atoms with van der Waals surface area (Å²) in [6.07, 6.45) is 17.3. The molecule has 0 spiro atoms. The summed E-state index contributed by atoms with van der Waals surface area (Å²) in [4.78, 5) is 0. The first-order valence-electron chi connectivity index (χ1n) is 37.4. The number of hydrogen-bond acceptors (Lipinski definition) is 0. The summed E-state index contributed by atoms with van der Waals surface area (Å²) in [7, 11) is 0. The Kier molecular flexibility index (Phi) is 10.5. The molecule has 470 valence electrons. The largest absolute Gasteiger partial charge is 0.0537 e. The Morgan fingerprint density at radius 1 is 0.216 bits per heavy atom. The summed E-state index contributed by atoms with van der Waals surface area (Å²) in [6, 6.07) is 83.7. The maximum absolute atomic E-state index is 2.63. The Bertz CT molecular complexity index is 5400. The minimum Gasteiger partial charge on any atom is -0.0537 e.